The van der Waals surface area contributed by atoms with Crippen molar-refractivity contribution in [3.63, 3.8) is 0 Å². The number of ether oxygens (including phenoxy) is 1. The Morgan fingerprint density at radius 1 is 1.75 bits per heavy atom. The highest BCUT2D eigenvalue weighted by atomic mass is 16.5. The molecule has 0 bridgehead atoms. The second kappa shape index (κ2) is 1.90. The third kappa shape index (κ3) is 0.920. The highest BCUT2D eigenvalue weighted by Crippen LogP contribution is 2.20. The molecule has 0 radical (unpaired) electrons. The van der Waals surface area contributed by atoms with Crippen molar-refractivity contribution in [1.82, 2.24) is 0 Å². The summed E-state index contributed by atoms with van der Waals surface area (Å²) < 4.78 is 5.38. The summed E-state index contributed by atoms with van der Waals surface area (Å²) in [6.45, 7) is 5.04. The van der Waals surface area contributed by atoms with Gasteiger partial charge in [-0.15, -0.1) is 0 Å². The molecule has 1 heteroatoms. The fraction of sp³-hybridized carbons (Fsp3) is 0.714. The molecule has 46 valence electrons. The zero-order valence-corrected chi connectivity index (χ0v) is 5.48. The summed E-state index contributed by atoms with van der Waals surface area (Å²) >= 11 is 0. The molecule has 1 unspecified atom stereocenters. The van der Waals surface area contributed by atoms with Crippen molar-refractivity contribution in [1.29, 1.82) is 0 Å². The normalized spacial score (nSPS) is 36.2. The zero-order chi connectivity index (χ0) is 6.04. The van der Waals surface area contributed by atoms with Gasteiger partial charge in [-0.25, -0.2) is 0 Å². The Balaban J connectivity index is 2.54. The Labute approximate surface area is 50.3 Å². The molecular formula is C7H12O. The maximum absolute atomic E-state index is 5.38. The molecule has 1 heterocycles. The first-order chi connectivity index (χ1) is 3.77. The van der Waals surface area contributed by atoms with E-state index in [0.29, 0.717) is 0 Å². The first kappa shape index (κ1) is 5.83. The van der Waals surface area contributed by atoms with Crippen LogP contribution in [0.15, 0.2) is 12.2 Å². The summed E-state index contributed by atoms with van der Waals surface area (Å²) in [6.07, 6.45) is 5.28. The molecule has 1 aliphatic rings. The van der Waals surface area contributed by atoms with E-state index in [-0.39, 0.29) is 5.60 Å². The number of hydrogen-bond acceptors (Lipinski definition) is 1. The standard InChI is InChI=1S/C7H12O/c1-3-7(2)5-4-6-8-7/h4-5H,3,6H2,1-2H3. The van der Waals surface area contributed by atoms with Crippen LogP contribution in [-0.2, 0) is 4.74 Å². The van der Waals surface area contributed by atoms with Crippen LogP contribution in [0.5, 0.6) is 0 Å². The Hall–Kier alpha value is -0.300. The second-order valence-corrected chi connectivity index (χ2v) is 2.38. The minimum absolute atomic E-state index is 0.0556. The quantitative estimate of drug-likeness (QED) is 0.469. The van der Waals surface area contributed by atoms with E-state index in [0.717, 1.165) is 13.0 Å². The molecule has 0 aromatic carbocycles. The van der Waals surface area contributed by atoms with Gasteiger partial charge < -0.3 is 4.74 Å². The lowest BCUT2D eigenvalue weighted by molar-refractivity contribution is 0.0387. The van der Waals surface area contributed by atoms with E-state index >= 15 is 0 Å². The SMILES string of the molecule is CCC1(C)C=CCO1. The predicted molar refractivity (Wildman–Crippen MR) is 33.8 cm³/mol. The Morgan fingerprint density at radius 3 is 2.75 bits per heavy atom. The molecule has 0 saturated heterocycles. The first-order valence-electron chi connectivity index (χ1n) is 3.08. The van der Waals surface area contributed by atoms with Gasteiger partial charge in [0, 0.05) is 0 Å². The lowest BCUT2D eigenvalue weighted by Crippen LogP contribution is -2.19. The van der Waals surface area contributed by atoms with Gasteiger partial charge in [-0.3, -0.25) is 0 Å². The maximum atomic E-state index is 5.38. The fourth-order valence-corrected chi connectivity index (χ4v) is 0.804. The van der Waals surface area contributed by atoms with E-state index in [4.69, 9.17) is 4.74 Å². The molecule has 1 rings (SSSR count). The van der Waals surface area contributed by atoms with Gasteiger partial charge in [0.05, 0.1) is 12.2 Å². The van der Waals surface area contributed by atoms with Crippen LogP contribution in [0.3, 0.4) is 0 Å². The molecule has 0 amide bonds. The molecule has 0 N–H and O–H groups in total. The molecule has 0 spiro atoms. The molecule has 0 aliphatic carbocycles. The summed E-state index contributed by atoms with van der Waals surface area (Å²) in [4.78, 5) is 0. The van der Waals surface area contributed by atoms with Crippen LogP contribution >= 0.6 is 0 Å². The Kier molecular flexibility index (Phi) is 1.39. The van der Waals surface area contributed by atoms with Crippen LogP contribution in [-0.4, -0.2) is 12.2 Å². The Bertz CT molecular complexity index is 107. The van der Waals surface area contributed by atoms with Crippen LogP contribution in [0, 0.1) is 0 Å². The molecule has 0 fully saturated rings. The minimum atomic E-state index is 0.0556. The summed E-state index contributed by atoms with van der Waals surface area (Å²) in [5, 5.41) is 0. The van der Waals surface area contributed by atoms with Crippen molar-refractivity contribution in [3.05, 3.63) is 12.2 Å². The van der Waals surface area contributed by atoms with Gasteiger partial charge in [0.1, 0.15) is 0 Å². The van der Waals surface area contributed by atoms with Crippen LogP contribution < -0.4 is 0 Å². The van der Waals surface area contributed by atoms with Crippen molar-refractivity contribution < 1.29 is 4.74 Å². The van der Waals surface area contributed by atoms with Gasteiger partial charge in [0.25, 0.3) is 0 Å². The molecule has 1 aliphatic heterocycles. The molecule has 8 heavy (non-hydrogen) atoms. The molecule has 1 nitrogen and oxygen atoms in total. The van der Waals surface area contributed by atoms with Crippen molar-refractivity contribution in [2.75, 3.05) is 6.61 Å². The Morgan fingerprint density at radius 2 is 2.50 bits per heavy atom. The van der Waals surface area contributed by atoms with Crippen molar-refractivity contribution in [2.24, 2.45) is 0 Å². The first-order valence-corrected chi connectivity index (χ1v) is 3.08. The summed E-state index contributed by atoms with van der Waals surface area (Å²) in [5.41, 5.74) is 0.0556. The summed E-state index contributed by atoms with van der Waals surface area (Å²) in [5.74, 6) is 0. The molecule has 0 saturated carbocycles. The van der Waals surface area contributed by atoms with E-state index in [2.05, 4.69) is 26.0 Å². The molecule has 1 atom stereocenters. The zero-order valence-electron chi connectivity index (χ0n) is 5.48. The van der Waals surface area contributed by atoms with Crippen molar-refractivity contribution >= 4 is 0 Å². The largest absolute Gasteiger partial charge is 0.367 e. The minimum Gasteiger partial charge on any atom is -0.367 e. The van der Waals surface area contributed by atoms with Gasteiger partial charge >= 0.3 is 0 Å². The van der Waals surface area contributed by atoms with E-state index in [1.807, 2.05) is 0 Å². The molecule has 0 aromatic rings. The van der Waals surface area contributed by atoms with E-state index < -0.39 is 0 Å². The van der Waals surface area contributed by atoms with Crippen LogP contribution in [0.4, 0.5) is 0 Å². The predicted octanol–water partition coefficient (Wildman–Crippen LogP) is 1.74. The van der Waals surface area contributed by atoms with Crippen LogP contribution in [0.25, 0.3) is 0 Å². The van der Waals surface area contributed by atoms with Gasteiger partial charge in [-0.2, -0.15) is 0 Å². The third-order valence-corrected chi connectivity index (χ3v) is 1.68. The second-order valence-electron chi connectivity index (χ2n) is 2.38. The monoisotopic (exact) mass is 112 g/mol. The highest BCUT2D eigenvalue weighted by Gasteiger charge is 2.21. The van der Waals surface area contributed by atoms with Crippen LogP contribution in [0.1, 0.15) is 20.3 Å². The topological polar surface area (TPSA) is 9.23 Å². The number of rotatable bonds is 1. The third-order valence-electron chi connectivity index (χ3n) is 1.68. The molecular weight excluding hydrogens is 100 g/mol. The average molecular weight is 112 g/mol. The van der Waals surface area contributed by atoms with E-state index in [1.54, 1.807) is 0 Å². The van der Waals surface area contributed by atoms with Gasteiger partial charge in [0.15, 0.2) is 0 Å². The summed E-state index contributed by atoms with van der Waals surface area (Å²) in [7, 11) is 0. The lowest BCUT2D eigenvalue weighted by atomic mass is 10.1. The lowest BCUT2D eigenvalue weighted by Gasteiger charge is -2.18. The van der Waals surface area contributed by atoms with Gasteiger partial charge in [-0.05, 0) is 13.3 Å². The van der Waals surface area contributed by atoms with E-state index in [1.165, 1.54) is 0 Å². The smallest absolute Gasteiger partial charge is 0.0836 e. The fourth-order valence-electron chi connectivity index (χ4n) is 0.804. The van der Waals surface area contributed by atoms with Crippen molar-refractivity contribution in [2.45, 2.75) is 25.9 Å². The highest BCUT2D eigenvalue weighted by molar-refractivity contribution is 5.04. The van der Waals surface area contributed by atoms with Gasteiger partial charge in [0.2, 0.25) is 0 Å². The maximum Gasteiger partial charge on any atom is 0.0836 e. The van der Waals surface area contributed by atoms with E-state index in [9.17, 15) is 0 Å². The van der Waals surface area contributed by atoms with Crippen LogP contribution in [0.2, 0.25) is 0 Å². The molecule has 0 aromatic heterocycles. The van der Waals surface area contributed by atoms with Gasteiger partial charge in [-0.1, -0.05) is 19.1 Å². The van der Waals surface area contributed by atoms with Crippen molar-refractivity contribution in [3.8, 4) is 0 Å². The summed E-state index contributed by atoms with van der Waals surface area (Å²) in [6, 6.07) is 0. The average Bonchev–Trinajstić information content (AvgIpc) is 2.17. The number of hydrogen-bond donors (Lipinski definition) is 0.